The zero-order valence-electron chi connectivity index (χ0n) is 18.8. The highest BCUT2D eigenvalue weighted by Gasteiger charge is 2.22. The van der Waals surface area contributed by atoms with Crippen molar-refractivity contribution in [3.05, 3.63) is 47.8 Å². The molecule has 3 aromatic heterocycles. The van der Waals surface area contributed by atoms with Crippen LogP contribution in [-0.2, 0) is 11.2 Å². The number of amides is 2. The van der Waals surface area contributed by atoms with E-state index in [1.807, 2.05) is 35.5 Å². The number of hydrazine groups is 1. The molecule has 1 saturated heterocycles. The Hall–Kier alpha value is -3.28. The number of aromatic nitrogens is 3. The van der Waals surface area contributed by atoms with Gasteiger partial charge in [-0.3, -0.25) is 20.0 Å². The van der Waals surface area contributed by atoms with Crippen LogP contribution in [0.15, 0.2) is 41.4 Å². The van der Waals surface area contributed by atoms with E-state index in [4.69, 9.17) is 4.74 Å². The molecule has 2 N–H and O–H groups in total. The highest BCUT2D eigenvalue weighted by atomic mass is 32.2. The van der Waals surface area contributed by atoms with E-state index in [0.717, 1.165) is 47.5 Å². The molecule has 1 fully saturated rings. The number of ether oxygens (including phenoxy) is 1. The van der Waals surface area contributed by atoms with E-state index in [0.29, 0.717) is 30.5 Å². The number of fused-ring (bicyclic) bond motifs is 2. The third kappa shape index (κ3) is 4.96. The van der Waals surface area contributed by atoms with Gasteiger partial charge in [0.1, 0.15) is 11.5 Å². The fourth-order valence-electron chi connectivity index (χ4n) is 4.03. The smallest absolute Gasteiger partial charge is 0.284 e. The van der Waals surface area contributed by atoms with Crippen LogP contribution in [0.25, 0.3) is 11.0 Å². The van der Waals surface area contributed by atoms with Gasteiger partial charge in [0.15, 0.2) is 0 Å². The minimum Gasteiger partial charge on any atom is -0.481 e. The van der Waals surface area contributed by atoms with Crippen molar-refractivity contribution in [2.75, 3.05) is 50.9 Å². The molecule has 2 aliphatic rings. The van der Waals surface area contributed by atoms with Gasteiger partial charge in [0.2, 0.25) is 11.8 Å². The Morgan fingerprint density at radius 2 is 2.00 bits per heavy atom. The number of thioether (sulfide) groups is 1. The van der Waals surface area contributed by atoms with Gasteiger partial charge in [0, 0.05) is 45.0 Å². The van der Waals surface area contributed by atoms with Crippen molar-refractivity contribution in [1.29, 1.82) is 0 Å². The third-order valence-corrected chi connectivity index (χ3v) is 6.93. The largest absolute Gasteiger partial charge is 0.481 e. The number of piperazine rings is 1. The van der Waals surface area contributed by atoms with Crippen molar-refractivity contribution in [3.63, 3.8) is 0 Å². The number of nitrogens with zero attached hydrogens (tertiary/aromatic N) is 5. The molecule has 0 radical (unpaired) electrons. The average Bonchev–Trinajstić information content (AvgIpc) is 2.87. The first kappa shape index (κ1) is 22.5. The molecule has 5 heterocycles. The number of pyridine rings is 3. The van der Waals surface area contributed by atoms with E-state index in [2.05, 4.69) is 30.6 Å². The lowest BCUT2D eigenvalue weighted by Crippen LogP contribution is -2.53. The molecule has 10 nitrogen and oxygen atoms in total. The molecule has 5 rings (SSSR count). The molecule has 11 heteroatoms. The average molecular weight is 480 g/mol. The highest BCUT2D eigenvalue weighted by molar-refractivity contribution is 8.00. The van der Waals surface area contributed by atoms with Crippen LogP contribution in [0.2, 0.25) is 0 Å². The van der Waals surface area contributed by atoms with Gasteiger partial charge in [0.25, 0.3) is 5.91 Å². The first-order valence-electron chi connectivity index (χ1n) is 11.1. The molecule has 0 atom stereocenters. The van der Waals surface area contributed by atoms with Crippen molar-refractivity contribution in [3.8, 4) is 5.88 Å². The number of methoxy groups -OCH3 is 1. The van der Waals surface area contributed by atoms with E-state index >= 15 is 0 Å². The molecule has 0 bridgehead atoms. The summed E-state index contributed by atoms with van der Waals surface area (Å²) >= 11 is 1.42. The lowest BCUT2D eigenvalue weighted by Gasteiger charge is -2.34. The molecular formula is C23H25N7O3S. The molecule has 3 aromatic rings. The SMILES string of the molecule is COc1ccc2nccc(CCN3CCN(NC(=O)c4ccc5c(n4)NC(=O)CS5)CC3)c2n1. The number of carbonyl (C=O) groups excluding carboxylic acids is 2. The second-order valence-electron chi connectivity index (χ2n) is 8.09. The van der Waals surface area contributed by atoms with Gasteiger partial charge in [-0.1, -0.05) is 0 Å². The summed E-state index contributed by atoms with van der Waals surface area (Å²) in [6, 6.07) is 9.28. The minimum absolute atomic E-state index is 0.103. The number of hydrogen-bond acceptors (Lipinski definition) is 9. The zero-order chi connectivity index (χ0) is 23.5. The Labute approximate surface area is 201 Å². The van der Waals surface area contributed by atoms with Crippen LogP contribution in [-0.4, -0.2) is 82.3 Å². The Kier molecular flexibility index (Phi) is 6.57. The van der Waals surface area contributed by atoms with Crippen molar-refractivity contribution >= 4 is 40.4 Å². The second kappa shape index (κ2) is 9.92. The molecule has 0 aliphatic carbocycles. The summed E-state index contributed by atoms with van der Waals surface area (Å²) in [6.45, 7) is 4.00. The molecule has 0 saturated carbocycles. The van der Waals surface area contributed by atoms with E-state index < -0.39 is 0 Å². The number of hydrogen-bond donors (Lipinski definition) is 2. The normalized spacial score (nSPS) is 16.7. The van der Waals surface area contributed by atoms with Crippen LogP contribution in [0.3, 0.4) is 0 Å². The summed E-state index contributed by atoms with van der Waals surface area (Å²) in [6.07, 6.45) is 2.67. The molecule has 0 aromatic carbocycles. The number of nitrogens with one attached hydrogen (secondary N) is 2. The Bertz CT molecular complexity index is 1230. The summed E-state index contributed by atoms with van der Waals surface area (Å²) in [4.78, 5) is 40.8. The molecular weight excluding hydrogens is 454 g/mol. The van der Waals surface area contributed by atoms with Crippen LogP contribution in [0.5, 0.6) is 5.88 Å². The van der Waals surface area contributed by atoms with Crippen molar-refractivity contribution in [2.45, 2.75) is 11.3 Å². The zero-order valence-corrected chi connectivity index (χ0v) is 19.6. The second-order valence-corrected chi connectivity index (χ2v) is 9.11. The maximum Gasteiger partial charge on any atom is 0.284 e. The Morgan fingerprint density at radius 3 is 2.82 bits per heavy atom. The Balaban J connectivity index is 1.14. The van der Waals surface area contributed by atoms with Gasteiger partial charge in [0.05, 0.1) is 28.8 Å². The summed E-state index contributed by atoms with van der Waals surface area (Å²) in [5.41, 5.74) is 6.10. The van der Waals surface area contributed by atoms with Crippen LogP contribution < -0.4 is 15.5 Å². The van der Waals surface area contributed by atoms with Gasteiger partial charge in [-0.15, -0.1) is 11.8 Å². The standard InChI is InChI=1S/C23H25N7O3S/c1-33-20-5-3-16-21(27-20)15(6-8-24-16)7-9-29-10-12-30(13-11-29)28-23(32)17-2-4-18-22(25-17)26-19(31)14-34-18/h2-6,8H,7,9-14H2,1H3,(H,28,32)(H,25,26,31). The fourth-order valence-corrected chi connectivity index (χ4v) is 4.79. The first-order valence-corrected chi connectivity index (χ1v) is 12.1. The van der Waals surface area contributed by atoms with E-state index in [9.17, 15) is 9.59 Å². The topological polar surface area (TPSA) is 113 Å². The van der Waals surface area contributed by atoms with Gasteiger partial charge in [-0.25, -0.2) is 15.0 Å². The summed E-state index contributed by atoms with van der Waals surface area (Å²) < 4.78 is 5.27. The van der Waals surface area contributed by atoms with Crippen LogP contribution in [0, 0.1) is 0 Å². The van der Waals surface area contributed by atoms with E-state index in [-0.39, 0.29) is 17.5 Å². The quantitative estimate of drug-likeness (QED) is 0.544. The fraction of sp³-hybridized carbons (Fsp3) is 0.348. The minimum atomic E-state index is -0.274. The monoisotopic (exact) mass is 479 g/mol. The van der Waals surface area contributed by atoms with Crippen LogP contribution in [0.1, 0.15) is 16.1 Å². The number of carbonyl (C=O) groups is 2. The molecule has 2 amide bonds. The molecule has 0 spiro atoms. The summed E-state index contributed by atoms with van der Waals surface area (Å²) in [5, 5.41) is 4.64. The number of rotatable bonds is 6. The van der Waals surface area contributed by atoms with Crippen molar-refractivity contribution in [1.82, 2.24) is 30.3 Å². The van der Waals surface area contributed by atoms with Gasteiger partial charge < -0.3 is 15.0 Å². The number of anilines is 1. The molecule has 34 heavy (non-hydrogen) atoms. The maximum absolute atomic E-state index is 12.7. The molecule has 2 aliphatic heterocycles. The van der Waals surface area contributed by atoms with Crippen LogP contribution >= 0.6 is 11.8 Å². The Morgan fingerprint density at radius 1 is 1.15 bits per heavy atom. The summed E-state index contributed by atoms with van der Waals surface area (Å²) in [7, 11) is 1.61. The third-order valence-electron chi connectivity index (χ3n) is 5.89. The first-order chi connectivity index (χ1) is 16.6. The van der Waals surface area contributed by atoms with Gasteiger partial charge in [-0.2, -0.15) is 0 Å². The van der Waals surface area contributed by atoms with Crippen LogP contribution in [0.4, 0.5) is 5.82 Å². The predicted octanol–water partition coefficient (Wildman–Crippen LogP) is 1.58. The lowest BCUT2D eigenvalue weighted by atomic mass is 10.1. The van der Waals surface area contributed by atoms with Gasteiger partial charge >= 0.3 is 0 Å². The molecule has 0 unspecified atom stereocenters. The predicted molar refractivity (Wildman–Crippen MR) is 129 cm³/mol. The van der Waals surface area contributed by atoms with E-state index in [1.54, 1.807) is 13.2 Å². The van der Waals surface area contributed by atoms with Gasteiger partial charge in [-0.05, 0) is 36.2 Å². The van der Waals surface area contributed by atoms with E-state index in [1.165, 1.54) is 11.8 Å². The van der Waals surface area contributed by atoms with Crippen molar-refractivity contribution in [2.24, 2.45) is 0 Å². The molecule has 176 valence electrons. The highest BCUT2D eigenvalue weighted by Crippen LogP contribution is 2.29. The summed E-state index contributed by atoms with van der Waals surface area (Å²) in [5.74, 6) is 1.03. The maximum atomic E-state index is 12.7. The lowest BCUT2D eigenvalue weighted by molar-refractivity contribution is -0.113. The van der Waals surface area contributed by atoms with Crippen molar-refractivity contribution < 1.29 is 14.3 Å².